The quantitative estimate of drug-likeness (QED) is 0.532. The van der Waals surface area contributed by atoms with Crippen molar-refractivity contribution in [1.29, 1.82) is 0 Å². The first-order valence-corrected chi connectivity index (χ1v) is 11.5. The molecule has 166 valence electrons. The molecule has 1 aromatic heterocycles. The summed E-state index contributed by atoms with van der Waals surface area (Å²) in [7, 11) is -3.34. The highest BCUT2D eigenvalue weighted by Gasteiger charge is 2.63. The predicted octanol–water partition coefficient (Wildman–Crippen LogP) is 4.25. The summed E-state index contributed by atoms with van der Waals surface area (Å²) in [6.45, 7) is 0.478. The van der Waals surface area contributed by atoms with Gasteiger partial charge in [0, 0.05) is 17.4 Å². The number of aryl methyl sites for hydroxylation is 1. The first kappa shape index (κ1) is 21.9. The third-order valence-electron chi connectivity index (χ3n) is 5.78. The molecule has 0 radical (unpaired) electrons. The number of nitrogens with two attached hydrogens (primary N) is 1. The SMILES string of the molecule is Cc1cc(Cl)cnc1C(=O)Nc1ccc(F)c(C2(CF)CS(O)(O)C3(CC3)C(N)=N2)c1. The maximum atomic E-state index is 14.8. The molecule has 1 atom stereocenters. The van der Waals surface area contributed by atoms with Crippen LogP contribution in [0.1, 0.15) is 34.5 Å². The van der Waals surface area contributed by atoms with Crippen molar-refractivity contribution in [2.24, 2.45) is 10.7 Å². The fraction of sp³-hybridized carbons (Fsp3) is 0.350. The van der Waals surface area contributed by atoms with E-state index < -0.39 is 45.0 Å². The molecule has 11 heteroatoms. The highest BCUT2D eigenvalue weighted by molar-refractivity contribution is 8.26. The normalized spacial score (nSPS) is 24.4. The summed E-state index contributed by atoms with van der Waals surface area (Å²) in [4.78, 5) is 20.8. The molecule has 2 aromatic rings. The molecule has 31 heavy (non-hydrogen) atoms. The molecular weight excluding hydrogens is 450 g/mol. The zero-order chi connectivity index (χ0) is 22.6. The number of halogens is 3. The fourth-order valence-corrected chi connectivity index (χ4v) is 6.49. The van der Waals surface area contributed by atoms with Crippen LogP contribution in [0.5, 0.6) is 0 Å². The molecule has 1 fully saturated rings. The van der Waals surface area contributed by atoms with Crippen LogP contribution in [0.3, 0.4) is 0 Å². The molecular formula is C20H21ClF2N4O3S. The van der Waals surface area contributed by atoms with E-state index in [0.29, 0.717) is 23.4 Å². The second-order valence-electron chi connectivity index (χ2n) is 7.94. The highest BCUT2D eigenvalue weighted by Crippen LogP contribution is 2.70. The van der Waals surface area contributed by atoms with Gasteiger partial charge < -0.3 is 11.1 Å². The molecule has 7 nitrogen and oxygen atoms in total. The van der Waals surface area contributed by atoms with Crippen LogP contribution >= 0.6 is 22.2 Å². The number of pyridine rings is 1. The summed E-state index contributed by atoms with van der Waals surface area (Å²) in [5.41, 5.74) is 4.71. The van der Waals surface area contributed by atoms with Crippen LogP contribution in [0.15, 0.2) is 35.5 Å². The van der Waals surface area contributed by atoms with Gasteiger partial charge in [0.05, 0.1) is 10.8 Å². The number of carbonyl (C=O) groups is 1. The third-order valence-corrected chi connectivity index (χ3v) is 8.73. The van der Waals surface area contributed by atoms with Crippen LogP contribution in [0.2, 0.25) is 5.02 Å². The lowest BCUT2D eigenvalue weighted by atomic mass is 9.92. The van der Waals surface area contributed by atoms with Crippen LogP contribution in [0.4, 0.5) is 14.5 Å². The molecule has 2 heterocycles. The van der Waals surface area contributed by atoms with Gasteiger partial charge >= 0.3 is 0 Å². The fourth-order valence-electron chi connectivity index (χ4n) is 3.91. The summed E-state index contributed by atoms with van der Waals surface area (Å²) in [6.07, 6.45) is 2.22. The maximum absolute atomic E-state index is 14.8. The van der Waals surface area contributed by atoms with Gasteiger partial charge in [-0.05, 0) is 49.6 Å². The van der Waals surface area contributed by atoms with Gasteiger partial charge in [-0.2, -0.15) is 10.6 Å². The lowest BCUT2D eigenvalue weighted by Crippen LogP contribution is -2.50. The number of nitrogens with zero attached hydrogens (tertiary/aromatic N) is 2. The molecule has 0 saturated heterocycles. The minimum absolute atomic E-state index is 0.0776. The maximum Gasteiger partial charge on any atom is 0.274 e. The Kier molecular flexibility index (Phi) is 5.24. The molecule has 1 aliphatic carbocycles. The van der Waals surface area contributed by atoms with Gasteiger partial charge in [0.25, 0.3) is 5.91 Å². The first-order valence-electron chi connectivity index (χ1n) is 9.44. The molecule has 1 unspecified atom stereocenters. The molecule has 2 aliphatic rings. The molecule has 1 aromatic carbocycles. The molecule has 4 rings (SSSR count). The van der Waals surface area contributed by atoms with Crippen LogP contribution in [-0.2, 0) is 5.54 Å². The summed E-state index contributed by atoms with van der Waals surface area (Å²) < 4.78 is 49.4. The van der Waals surface area contributed by atoms with E-state index in [4.69, 9.17) is 17.3 Å². The highest BCUT2D eigenvalue weighted by atomic mass is 35.5. The van der Waals surface area contributed by atoms with Gasteiger partial charge in [-0.25, -0.2) is 13.8 Å². The van der Waals surface area contributed by atoms with Crippen molar-refractivity contribution in [2.75, 3.05) is 17.7 Å². The number of hydrogen-bond acceptors (Lipinski definition) is 6. The van der Waals surface area contributed by atoms with E-state index in [1.807, 2.05) is 0 Å². The van der Waals surface area contributed by atoms with Gasteiger partial charge in [0.15, 0.2) is 0 Å². The van der Waals surface area contributed by atoms with Crippen LogP contribution < -0.4 is 11.1 Å². The Morgan fingerprint density at radius 3 is 2.65 bits per heavy atom. The average Bonchev–Trinajstić information content (AvgIpc) is 3.50. The number of benzene rings is 1. The minimum atomic E-state index is -3.34. The van der Waals surface area contributed by atoms with Crippen molar-refractivity contribution >= 4 is 39.6 Å². The number of aliphatic imine (C=N–C) groups is 1. The van der Waals surface area contributed by atoms with Crippen LogP contribution in [0.25, 0.3) is 0 Å². The van der Waals surface area contributed by atoms with Gasteiger partial charge in [-0.3, -0.25) is 18.9 Å². The lowest BCUT2D eigenvalue weighted by Gasteiger charge is -2.49. The van der Waals surface area contributed by atoms with E-state index in [1.165, 1.54) is 18.3 Å². The number of nitrogens with one attached hydrogen (secondary N) is 1. The zero-order valence-electron chi connectivity index (χ0n) is 16.5. The second-order valence-corrected chi connectivity index (χ2v) is 10.8. The molecule has 1 amide bonds. The van der Waals surface area contributed by atoms with Crippen molar-refractivity contribution in [3.63, 3.8) is 0 Å². The van der Waals surface area contributed by atoms with E-state index in [9.17, 15) is 22.7 Å². The molecule has 1 spiro atoms. The minimum Gasteiger partial charge on any atom is -0.386 e. The van der Waals surface area contributed by atoms with E-state index in [0.717, 1.165) is 6.07 Å². The van der Waals surface area contributed by atoms with Gasteiger partial charge in [-0.1, -0.05) is 11.6 Å². The molecule has 1 aliphatic heterocycles. The van der Waals surface area contributed by atoms with Crippen molar-refractivity contribution in [3.05, 3.63) is 58.1 Å². The molecule has 5 N–H and O–H groups in total. The summed E-state index contributed by atoms with van der Waals surface area (Å²) in [5, 5.41) is 2.97. The third kappa shape index (κ3) is 3.57. The Hall–Kier alpha value is -2.27. The van der Waals surface area contributed by atoms with E-state index >= 15 is 0 Å². The van der Waals surface area contributed by atoms with Crippen molar-refractivity contribution in [2.45, 2.75) is 30.1 Å². The Balaban J connectivity index is 1.71. The Morgan fingerprint density at radius 2 is 2.06 bits per heavy atom. The number of alkyl halides is 1. The average molecular weight is 471 g/mol. The number of anilines is 1. The number of hydrogen-bond donors (Lipinski definition) is 4. The number of rotatable bonds is 4. The first-order chi connectivity index (χ1) is 14.5. The topological polar surface area (TPSA) is 121 Å². The van der Waals surface area contributed by atoms with E-state index in [-0.39, 0.29) is 22.8 Å². The summed E-state index contributed by atoms with van der Waals surface area (Å²) in [5.74, 6) is -1.92. The predicted molar refractivity (Wildman–Crippen MR) is 117 cm³/mol. The Bertz CT molecular complexity index is 1110. The van der Waals surface area contributed by atoms with Crippen molar-refractivity contribution in [1.82, 2.24) is 4.98 Å². The second kappa shape index (κ2) is 7.40. The number of amides is 1. The van der Waals surface area contributed by atoms with Crippen molar-refractivity contribution < 1.29 is 22.7 Å². The standard InChI is InChI=1S/C20H21ClF2N4O3S/c1-11-6-12(21)8-25-16(11)17(28)26-13-2-3-15(23)14(7-13)19(9-22)10-31(29,30)20(4-5-20)18(24)27-19/h2-3,6-8,29-30H,4-5,9-10H2,1H3,(H2,24,27)(H,26,28). The number of amidine groups is 1. The van der Waals surface area contributed by atoms with E-state index in [1.54, 1.807) is 13.0 Å². The van der Waals surface area contributed by atoms with Gasteiger partial charge in [0.2, 0.25) is 0 Å². The summed E-state index contributed by atoms with van der Waals surface area (Å²) >= 11 is 5.86. The van der Waals surface area contributed by atoms with Gasteiger partial charge in [-0.15, -0.1) is 0 Å². The Morgan fingerprint density at radius 1 is 1.35 bits per heavy atom. The smallest absolute Gasteiger partial charge is 0.274 e. The van der Waals surface area contributed by atoms with Crippen LogP contribution in [0, 0.1) is 12.7 Å². The largest absolute Gasteiger partial charge is 0.386 e. The molecule has 0 bridgehead atoms. The monoisotopic (exact) mass is 470 g/mol. The summed E-state index contributed by atoms with van der Waals surface area (Å²) in [6, 6.07) is 5.18. The van der Waals surface area contributed by atoms with E-state index in [2.05, 4.69) is 15.3 Å². The van der Waals surface area contributed by atoms with Crippen molar-refractivity contribution in [3.8, 4) is 0 Å². The Labute approximate surface area is 184 Å². The molecule has 1 saturated carbocycles. The van der Waals surface area contributed by atoms with Crippen LogP contribution in [-0.4, -0.2) is 43.0 Å². The lowest BCUT2D eigenvalue weighted by molar-refractivity contribution is 0.102. The number of carbonyl (C=O) groups excluding carboxylic acids is 1. The number of aromatic nitrogens is 1. The zero-order valence-corrected chi connectivity index (χ0v) is 18.1. The van der Waals surface area contributed by atoms with Gasteiger partial charge in [0.1, 0.15) is 34.3 Å².